The smallest absolute Gasteiger partial charge is 0.164 e. The number of hydrogen-bond donors (Lipinski definition) is 1. The van der Waals surface area contributed by atoms with Crippen molar-refractivity contribution in [1.82, 2.24) is 9.97 Å². The number of rotatable bonds is 11. The quantitative estimate of drug-likeness (QED) is 0.0813. The van der Waals surface area contributed by atoms with E-state index >= 15 is 0 Å². The van der Waals surface area contributed by atoms with Gasteiger partial charge >= 0.3 is 0 Å². The molecule has 5 aromatic rings. The number of furan rings is 1. The van der Waals surface area contributed by atoms with Crippen LogP contribution in [-0.4, -0.2) is 20.9 Å². The topological polar surface area (TPSA) is 76.2 Å². The van der Waals surface area contributed by atoms with Gasteiger partial charge in [-0.1, -0.05) is 111 Å². The summed E-state index contributed by atoms with van der Waals surface area (Å²) in [6, 6.07) is 24.5. The number of carbonyl (C=O) groups is 1. The van der Waals surface area contributed by atoms with Crippen LogP contribution in [0.4, 0.5) is 0 Å². The molecule has 5 nitrogen and oxygen atoms in total. The maximum atomic E-state index is 12.2. The first-order valence-electron chi connectivity index (χ1n) is 18.3. The maximum Gasteiger partial charge on any atom is 0.164 e. The molecular formula is C45H57IrN2O3-. The molecule has 0 atom stereocenters. The monoisotopic (exact) mass is 866 g/mol. The van der Waals surface area contributed by atoms with Crippen LogP contribution in [0.3, 0.4) is 0 Å². The number of carbonyl (C=O) groups excluding carboxylic acids is 1. The Morgan fingerprint density at radius 3 is 2.14 bits per heavy atom. The summed E-state index contributed by atoms with van der Waals surface area (Å²) in [6.07, 6.45) is 7.56. The van der Waals surface area contributed by atoms with Crippen LogP contribution in [0.15, 0.2) is 83.1 Å². The number of pyridine rings is 2. The van der Waals surface area contributed by atoms with Crippen molar-refractivity contribution >= 4 is 27.7 Å². The third kappa shape index (κ3) is 9.84. The Bertz CT molecular complexity index is 1960. The van der Waals surface area contributed by atoms with Gasteiger partial charge in [0, 0.05) is 66.2 Å². The molecule has 2 aromatic carbocycles. The molecule has 275 valence electrons. The van der Waals surface area contributed by atoms with Gasteiger partial charge in [-0.3, -0.25) is 9.78 Å². The first-order valence-corrected chi connectivity index (χ1v) is 18.3. The van der Waals surface area contributed by atoms with Crippen molar-refractivity contribution in [2.45, 2.75) is 114 Å². The van der Waals surface area contributed by atoms with E-state index in [9.17, 15) is 9.90 Å². The van der Waals surface area contributed by atoms with Crippen molar-refractivity contribution < 1.29 is 34.4 Å². The van der Waals surface area contributed by atoms with Crippen LogP contribution in [0.1, 0.15) is 113 Å². The van der Waals surface area contributed by atoms with E-state index in [0.29, 0.717) is 5.92 Å². The second-order valence-corrected chi connectivity index (χ2v) is 15.6. The summed E-state index contributed by atoms with van der Waals surface area (Å²) >= 11 is 0. The number of benzene rings is 2. The summed E-state index contributed by atoms with van der Waals surface area (Å²) in [4.78, 5) is 21.7. The molecule has 0 saturated carbocycles. The van der Waals surface area contributed by atoms with Crippen molar-refractivity contribution in [2.75, 3.05) is 0 Å². The van der Waals surface area contributed by atoms with E-state index in [4.69, 9.17) is 9.40 Å². The van der Waals surface area contributed by atoms with Crippen LogP contribution in [0, 0.1) is 22.8 Å². The van der Waals surface area contributed by atoms with Gasteiger partial charge in [-0.05, 0) is 61.6 Å². The molecule has 1 radical (unpaired) electrons. The zero-order valence-electron chi connectivity index (χ0n) is 32.5. The zero-order valence-corrected chi connectivity index (χ0v) is 34.9. The molecule has 0 bridgehead atoms. The Morgan fingerprint density at radius 2 is 1.53 bits per heavy atom. The van der Waals surface area contributed by atoms with Crippen molar-refractivity contribution in [2.24, 2.45) is 16.7 Å². The summed E-state index contributed by atoms with van der Waals surface area (Å²) < 4.78 is 6.15. The molecular weight excluding hydrogens is 809 g/mol. The van der Waals surface area contributed by atoms with Crippen LogP contribution in [0.5, 0.6) is 0 Å². The molecule has 3 heterocycles. The molecule has 5 rings (SSSR count). The Labute approximate surface area is 319 Å². The zero-order chi connectivity index (χ0) is 36.9. The van der Waals surface area contributed by atoms with Gasteiger partial charge in [0.05, 0.1) is 0 Å². The third-order valence-corrected chi connectivity index (χ3v) is 10.6. The third-order valence-electron chi connectivity index (χ3n) is 10.6. The van der Waals surface area contributed by atoms with Crippen LogP contribution in [-0.2, 0) is 36.7 Å². The standard InChI is InChI=1S/C30H29N2O.C15H28O2.Ir/c1-19(2)14-23-10-11-28-27(32-23)18-29(33-28)21-12-13-31-26(17-21)22-15-20-8-6-7-9-24(20)25(16-22)30(3,4)5;1-7-14(5,8-2)12(16)11-13(17)15(6,9-3)10-4;/h6-13,16-19H,14H2,1-5H3;11,16H,7-10H2,1-6H3;/q-1;;/b;12-11-;. The predicted octanol–water partition coefficient (Wildman–Crippen LogP) is 12.7. The summed E-state index contributed by atoms with van der Waals surface area (Å²) in [5, 5.41) is 12.5. The molecule has 0 aliphatic heterocycles. The Morgan fingerprint density at radius 1 is 0.882 bits per heavy atom. The van der Waals surface area contributed by atoms with Gasteiger partial charge < -0.3 is 9.52 Å². The number of hydrogen-bond acceptors (Lipinski definition) is 5. The van der Waals surface area contributed by atoms with Crippen molar-refractivity contribution in [3.63, 3.8) is 0 Å². The van der Waals surface area contributed by atoms with Gasteiger partial charge in [-0.25, -0.2) is 4.98 Å². The molecule has 0 fully saturated rings. The van der Waals surface area contributed by atoms with Gasteiger partial charge in [0.1, 0.15) is 17.0 Å². The minimum absolute atomic E-state index is 0. The number of fused-ring (bicyclic) bond motifs is 2. The SMILES string of the molecule is CC(C)Cc1ccc2oc(-c3ccnc(-c4[c-]c5ccccc5c(C(C)(C)C)c4)c3)cc2n1.CCC(C)(CC)C(=O)/C=C(\O)C(C)(CC)CC.[Ir]. The molecule has 1 N–H and O–H groups in total. The van der Waals surface area contributed by atoms with E-state index in [0.717, 1.165) is 76.9 Å². The van der Waals surface area contributed by atoms with E-state index in [1.165, 1.54) is 17.0 Å². The van der Waals surface area contributed by atoms with Crippen molar-refractivity contribution in [3.05, 3.63) is 96.0 Å². The van der Waals surface area contributed by atoms with Crippen LogP contribution in [0.25, 0.3) is 44.5 Å². The van der Waals surface area contributed by atoms with Gasteiger partial charge in [0.2, 0.25) is 0 Å². The van der Waals surface area contributed by atoms with Gasteiger partial charge in [-0.2, -0.15) is 0 Å². The minimum Gasteiger partial charge on any atom is -0.512 e. The number of aromatic nitrogens is 2. The van der Waals surface area contributed by atoms with Crippen molar-refractivity contribution in [3.8, 4) is 22.6 Å². The van der Waals surface area contributed by atoms with Gasteiger partial charge in [-0.15, -0.1) is 29.1 Å². The normalized spacial score (nSPS) is 12.5. The van der Waals surface area contributed by atoms with Gasteiger partial charge in [0.25, 0.3) is 0 Å². The van der Waals surface area contributed by atoms with E-state index in [2.05, 4.69) is 88.1 Å². The largest absolute Gasteiger partial charge is 0.512 e. The van der Waals surface area contributed by atoms with Crippen LogP contribution in [0.2, 0.25) is 0 Å². The molecule has 51 heavy (non-hydrogen) atoms. The molecule has 0 saturated heterocycles. The Hall–Kier alpha value is -3.60. The first kappa shape index (κ1) is 41.8. The van der Waals surface area contributed by atoms with E-state index in [1.54, 1.807) is 0 Å². The molecule has 6 heteroatoms. The van der Waals surface area contributed by atoms with Crippen LogP contribution < -0.4 is 0 Å². The molecule has 0 spiro atoms. The fourth-order valence-corrected chi connectivity index (χ4v) is 6.04. The molecule has 3 aromatic heterocycles. The molecule has 0 aliphatic rings. The fourth-order valence-electron chi connectivity index (χ4n) is 6.04. The maximum absolute atomic E-state index is 12.2. The number of aliphatic hydroxyl groups is 1. The number of nitrogens with zero attached hydrogens (tertiary/aromatic N) is 2. The van der Waals surface area contributed by atoms with E-state index in [1.807, 2.05) is 65.9 Å². The van der Waals surface area contributed by atoms with E-state index < -0.39 is 0 Å². The summed E-state index contributed by atoms with van der Waals surface area (Å²) in [6.45, 7) is 23.2. The average Bonchev–Trinajstić information content (AvgIpc) is 3.53. The predicted molar refractivity (Wildman–Crippen MR) is 209 cm³/mol. The number of ketones is 1. The molecule has 0 aliphatic carbocycles. The second kappa shape index (κ2) is 17.3. The summed E-state index contributed by atoms with van der Waals surface area (Å²) in [5.74, 6) is 1.66. The average molecular weight is 866 g/mol. The van der Waals surface area contributed by atoms with Crippen LogP contribution >= 0.6 is 0 Å². The Kier molecular flexibility index (Phi) is 14.2. The number of aliphatic hydroxyl groups excluding tert-OH is 1. The second-order valence-electron chi connectivity index (χ2n) is 15.6. The van der Waals surface area contributed by atoms with Gasteiger partial charge in [0.15, 0.2) is 11.4 Å². The fraction of sp³-hybridized carbons (Fsp3) is 0.444. The Balaban J connectivity index is 0.000000335. The molecule has 0 amide bonds. The molecule has 0 unspecified atom stereocenters. The first-order chi connectivity index (χ1) is 23.6. The summed E-state index contributed by atoms with van der Waals surface area (Å²) in [7, 11) is 0. The van der Waals surface area contributed by atoms with E-state index in [-0.39, 0.29) is 47.9 Å². The number of allylic oxidation sites excluding steroid dienone is 2. The van der Waals surface area contributed by atoms with Crippen molar-refractivity contribution in [1.29, 1.82) is 0 Å². The minimum atomic E-state index is -0.337. The summed E-state index contributed by atoms with van der Waals surface area (Å²) in [5.41, 5.74) is 6.38.